The van der Waals surface area contributed by atoms with E-state index in [-0.39, 0.29) is 16.2 Å². The molecule has 9 aromatic rings. The summed E-state index contributed by atoms with van der Waals surface area (Å²) in [5.41, 5.74) is 21.9. The molecule has 0 N–H and O–H groups in total. The van der Waals surface area contributed by atoms with Crippen LogP contribution in [-0.2, 0) is 27.1 Å². The third-order valence-corrected chi connectivity index (χ3v) is 18.0. The summed E-state index contributed by atoms with van der Waals surface area (Å²) in [7, 11) is 0. The summed E-state index contributed by atoms with van der Waals surface area (Å²) in [5.74, 6) is 0. The highest BCUT2D eigenvalue weighted by atomic mass is 32.2. The number of rotatable bonds is 6. The van der Waals surface area contributed by atoms with E-state index in [2.05, 4.69) is 284 Å². The second-order valence-corrected chi connectivity index (χ2v) is 24.1. The van der Waals surface area contributed by atoms with Gasteiger partial charge in [-0.3, -0.25) is 0 Å². The first-order valence-corrected chi connectivity index (χ1v) is 27.0. The Bertz CT molecular complexity index is 3610. The van der Waals surface area contributed by atoms with Crippen molar-refractivity contribution in [3.63, 3.8) is 0 Å². The second kappa shape index (κ2) is 16.6. The maximum absolute atomic E-state index is 2.60. The lowest BCUT2D eigenvalue weighted by molar-refractivity contribution is 0.536. The first-order chi connectivity index (χ1) is 35.3. The zero-order chi connectivity index (χ0) is 49.9. The van der Waals surface area contributed by atoms with Crippen LogP contribution in [0.2, 0.25) is 0 Å². The van der Waals surface area contributed by atoms with E-state index in [1.807, 2.05) is 11.8 Å². The molecule has 0 amide bonds. The van der Waals surface area contributed by atoms with E-state index in [0.29, 0.717) is 0 Å². The molecule has 356 valence electrons. The lowest BCUT2D eigenvalue weighted by Crippen LogP contribution is -2.36. The quantitative estimate of drug-likeness (QED) is 0.163. The number of benzene rings is 9. The molecular formula is C71H61NS. The third kappa shape index (κ3) is 6.69. The Morgan fingerprint density at radius 3 is 1.53 bits per heavy atom. The van der Waals surface area contributed by atoms with Crippen molar-refractivity contribution >= 4 is 23.1 Å². The Labute approximate surface area is 437 Å². The second-order valence-electron chi connectivity index (χ2n) is 23.0. The topological polar surface area (TPSA) is 3.24 Å². The van der Waals surface area contributed by atoms with E-state index in [0.717, 1.165) is 17.8 Å². The number of hydrogen-bond acceptors (Lipinski definition) is 2. The predicted octanol–water partition coefficient (Wildman–Crippen LogP) is 18.4. The van der Waals surface area contributed by atoms with Crippen LogP contribution in [0.4, 0.5) is 11.4 Å². The van der Waals surface area contributed by atoms with Gasteiger partial charge in [0, 0.05) is 32.2 Å². The van der Waals surface area contributed by atoms with Crippen LogP contribution in [0.25, 0.3) is 22.3 Å². The zero-order valence-corrected chi connectivity index (χ0v) is 43.8. The molecule has 0 radical (unpaired) electrons. The first kappa shape index (κ1) is 45.5. The Hall–Kier alpha value is -7.39. The molecule has 13 rings (SSSR count). The van der Waals surface area contributed by atoms with Crippen molar-refractivity contribution in [1.29, 1.82) is 0 Å². The number of allylic oxidation sites excluding steroid dienone is 3. The fraction of sp³-hybridized carbons (Fsp3) is 0.183. The Kier molecular flexibility index (Phi) is 10.3. The molecule has 73 heavy (non-hydrogen) atoms. The van der Waals surface area contributed by atoms with Crippen molar-refractivity contribution in [2.45, 2.75) is 91.8 Å². The van der Waals surface area contributed by atoms with Crippen molar-refractivity contribution in [1.82, 2.24) is 0 Å². The van der Waals surface area contributed by atoms with Gasteiger partial charge in [-0.2, -0.15) is 0 Å². The molecule has 3 aliphatic carbocycles. The van der Waals surface area contributed by atoms with E-state index < -0.39 is 10.8 Å². The first-order valence-electron chi connectivity index (χ1n) is 26.1. The lowest BCUT2D eigenvalue weighted by atomic mass is 9.63. The highest BCUT2D eigenvalue weighted by Gasteiger charge is 2.57. The summed E-state index contributed by atoms with van der Waals surface area (Å²) in [5, 5.41) is 0. The minimum atomic E-state index is -0.578. The molecule has 4 aliphatic rings. The molecule has 0 saturated carbocycles. The van der Waals surface area contributed by atoms with Crippen molar-refractivity contribution in [3.8, 4) is 22.3 Å². The zero-order valence-electron chi connectivity index (χ0n) is 43.0. The van der Waals surface area contributed by atoms with Crippen LogP contribution in [-0.4, -0.2) is 0 Å². The highest BCUT2D eigenvalue weighted by molar-refractivity contribution is 7.99. The largest absolute Gasteiger partial charge is 0.310 e. The van der Waals surface area contributed by atoms with Crippen LogP contribution in [0.1, 0.15) is 111 Å². The van der Waals surface area contributed by atoms with Gasteiger partial charge in [-0.05, 0) is 132 Å². The summed E-state index contributed by atoms with van der Waals surface area (Å²) >= 11 is 1.93. The van der Waals surface area contributed by atoms with Gasteiger partial charge in [-0.1, -0.05) is 254 Å². The molecule has 0 fully saturated rings. The van der Waals surface area contributed by atoms with Gasteiger partial charge in [0.05, 0.1) is 16.5 Å². The molecular weight excluding hydrogens is 899 g/mol. The van der Waals surface area contributed by atoms with Crippen LogP contribution in [0, 0.1) is 0 Å². The van der Waals surface area contributed by atoms with E-state index >= 15 is 0 Å². The van der Waals surface area contributed by atoms with Gasteiger partial charge in [0.1, 0.15) is 0 Å². The normalized spacial score (nSPS) is 17.6. The van der Waals surface area contributed by atoms with Crippen LogP contribution >= 0.6 is 11.8 Å². The fourth-order valence-corrected chi connectivity index (χ4v) is 14.4. The Balaban J connectivity index is 1.12. The summed E-state index contributed by atoms with van der Waals surface area (Å²) in [4.78, 5) is 5.24. The molecule has 0 saturated heterocycles. The molecule has 2 heteroatoms. The number of nitrogens with zero attached hydrogens (tertiary/aromatic N) is 1. The molecule has 9 aromatic carbocycles. The van der Waals surface area contributed by atoms with Gasteiger partial charge < -0.3 is 4.90 Å². The maximum Gasteiger partial charge on any atom is 0.0736 e. The number of anilines is 2. The molecule has 1 spiro atoms. The van der Waals surface area contributed by atoms with Gasteiger partial charge in [0.25, 0.3) is 0 Å². The van der Waals surface area contributed by atoms with Crippen LogP contribution < -0.4 is 4.90 Å². The van der Waals surface area contributed by atoms with Crippen LogP contribution in [0.15, 0.2) is 252 Å². The minimum Gasteiger partial charge on any atom is -0.310 e. The molecule has 1 aliphatic heterocycles. The summed E-state index contributed by atoms with van der Waals surface area (Å²) in [6, 6.07) is 83.3. The molecule has 1 heterocycles. The summed E-state index contributed by atoms with van der Waals surface area (Å²) in [6.07, 6.45) is 5.98. The smallest absolute Gasteiger partial charge is 0.0736 e. The fourth-order valence-electron chi connectivity index (χ4n) is 13.3. The van der Waals surface area contributed by atoms with E-state index in [4.69, 9.17) is 0 Å². The molecule has 1 atom stereocenters. The molecule has 1 unspecified atom stereocenters. The highest BCUT2D eigenvalue weighted by Crippen LogP contribution is 2.65. The van der Waals surface area contributed by atoms with E-state index in [1.54, 1.807) is 0 Å². The van der Waals surface area contributed by atoms with Crippen molar-refractivity contribution in [2.24, 2.45) is 0 Å². The monoisotopic (exact) mass is 959 g/mol. The number of fused-ring (bicyclic) bond motifs is 12. The Morgan fingerprint density at radius 1 is 0.425 bits per heavy atom. The molecule has 0 aromatic heterocycles. The number of hydrogen-bond donors (Lipinski definition) is 0. The minimum absolute atomic E-state index is 0.0424. The van der Waals surface area contributed by atoms with E-state index in [9.17, 15) is 0 Å². The predicted molar refractivity (Wildman–Crippen MR) is 307 cm³/mol. The van der Waals surface area contributed by atoms with Gasteiger partial charge in [0.15, 0.2) is 0 Å². The van der Waals surface area contributed by atoms with Gasteiger partial charge >= 0.3 is 0 Å². The summed E-state index contributed by atoms with van der Waals surface area (Å²) < 4.78 is 0. The van der Waals surface area contributed by atoms with Crippen LogP contribution in [0.3, 0.4) is 0 Å². The van der Waals surface area contributed by atoms with Crippen LogP contribution in [0.5, 0.6) is 0 Å². The average Bonchev–Trinajstić information content (AvgIpc) is 3.83. The lowest BCUT2D eigenvalue weighted by Gasteiger charge is -2.42. The standard InChI is InChI=1S/C71H61NS/c1-67(2,3)50-35-39-64-61(43-50)71(62-44-51(68(4,5)6)36-40-65(62)73-64)57-31-19-17-30-55(57)56-38-37-52(45-60(56)71)72(63-34-22-18-29-54(63)47-23-11-8-12-24-47)53-41-42-69(7)58-32-20-21-33-59(58)70(66(69)46-53,48-25-13-9-14-26-48)49-27-15-10-16-28-49/h8-41,43-46H,42H2,1-7H3. The van der Waals surface area contributed by atoms with Gasteiger partial charge in [0.2, 0.25) is 0 Å². The third-order valence-electron chi connectivity index (χ3n) is 16.8. The molecule has 1 nitrogen and oxygen atoms in total. The van der Waals surface area contributed by atoms with Crippen molar-refractivity contribution in [2.75, 3.05) is 4.90 Å². The molecule has 0 bridgehead atoms. The number of para-hydroxylation sites is 1. The van der Waals surface area contributed by atoms with Gasteiger partial charge in [-0.15, -0.1) is 0 Å². The average molecular weight is 960 g/mol. The summed E-state index contributed by atoms with van der Waals surface area (Å²) in [6.45, 7) is 16.6. The van der Waals surface area contributed by atoms with E-state index in [1.165, 1.54) is 98.9 Å². The van der Waals surface area contributed by atoms with Crippen molar-refractivity contribution in [3.05, 3.63) is 297 Å². The maximum atomic E-state index is 2.60. The Morgan fingerprint density at radius 2 is 0.932 bits per heavy atom. The van der Waals surface area contributed by atoms with Crippen molar-refractivity contribution < 1.29 is 0 Å². The van der Waals surface area contributed by atoms with Gasteiger partial charge in [-0.25, -0.2) is 0 Å². The SMILES string of the molecule is CC(C)(C)c1ccc2c(c1)C1(c3cc(C(C)(C)C)ccc3S2)c2ccccc2-c2ccc(N(C3=CCC4(C)C(=C3)C(c3ccccc3)(c3ccccc3)c3ccccc34)c3ccccc3-c3ccccc3)cc21.